The number of hydrogen-bond donors (Lipinski definition) is 2. The van der Waals surface area contributed by atoms with Gasteiger partial charge in [0, 0.05) is 5.69 Å². The summed E-state index contributed by atoms with van der Waals surface area (Å²) in [7, 11) is 0. The van der Waals surface area contributed by atoms with Gasteiger partial charge in [0.25, 0.3) is 0 Å². The fourth-order valence-electron chi connectivity index (χ4n) is 2.94. The summed E-state index contributed by atoms with van der Waals surface area (Å²) in [5.74, 6) is 2.20. The van der Waals surface area contributed by atoms with Gasteiger partial charge < -0.3 is 15.4 Å². The van der Waals surface area contributed by atoms with E-state index in [-0.39, 0.29) is 6.10 Å². The largest absolute Gasteiger partial charge is 0.489 e. The maximum atomic E-state index is 5.86. The van der Waals surface area contributed by atoms with Crippen LogP contribution in [0.1, 0.15) is 44.7 Å². The summed E-state index contributed by atoms with van der Waals surface area (Å²) in [5, 5.41) is 14.9. The highest BCUT2D eigenvalue weighted by Gasteiger charge is 2.12. The van der Waals surface area contributed by atoms with Crippen LogP contribution in [-0.4, -0.2) is 21.3 Å². The molecule has 0 radical (unpaired) electrons. The molecule has 0 saturated heterocycles. The monoisotopic (exact) mass is 377 g/mol. The lowest BCUT2D eigenvalue weighted by molar-refractivity contribution is 0.244. The Morgan fingerprint density at radius 3 is 2.46 bits per heavy atom. The van der Waals surface area contributed by atoms with Crippen molar-refractivity contribution in [2.45, 2.75) is 46.6 Å². The van der Waals surface area contributed by atoms with Gasteiger partial charge in [-0.3, -0.25) is 0 Å². The Morgan fingerprint density at radius 2 is 1.71 bits per heavy atom. The summed E-state index contributed by atoms with van der Waals surface area (Å²) in [6.07, 6.45) is 1.68. The van der Waals surface area contributed by atoms with Crippen molar-refractivity contribution in [1.82, 2.24) is 15.2 Å². The second kappa shape index (κ2) is 8.69. The zero-order chi connectivity index (χ0) is 20.1. The first-order valence-electron chi connectivity index (χ1n) is 9.53. The van der Waals surface area contributed by atoms with E-state index < -0.39 is 0 Å². The zero-order valence-electron chi connectivity index (χ0n) is 17.0. The maximum Gasteiger partial charge on any atom is 0.249 e. The molecular weight excluding hydrogens is 350 g/mol. The molecule has 3 rings (SSSR count). The number of rotatable bonds is 7. The summed E-state index contributed by atoms with van der Waals surface area (Å²) in [4.78, 5) is 4.57. The number of ether oxygens (including phenoxy) is 1. The fraction of sp³-hybridized carbons (Fsp3) is 0.318. The fourth-order valence-corrected chi connectivity index (χ4v) is 2.94. The van der Waals surface area contributed by atoms with Crippen LogP contribution in [0.25, 0.3) is 0 Å². The third-order valence-electron chi connectivity index (χ3n) is 4.24. The van der Waals surface area contributed by atoms with Crippen LogP contribution in [0.5, 0.6) is 5.75 Å². The number of nitrogens with zero attached hydrogens (tertiary/aromatic N) is 3. The van der Waals surface area contributed by atoms with Crippen LogP contribution in [0, 0.1) is 6.92 Å². The van der Waals surface area contributed by atoms with E-state index >= 15 is 0 Å². The van der Waals surface area contributed by atoms with Crippen LogP contribution < -0.4 is 15.4 Å². The molecule has 2 N–H and O–H groups in total. The predicted octanol–water partition coefficient (Wildman–Crippen LogP) is 5.58. The lowest BCUT2D eigenvalue weighted by atomic mass is 9.98. The molecular formula is C22H27N5O. The second-order valence-electron chi connectivity index (χ2n) is 7.27. The van der Waals surface area contributed by atoms with E-state index in [1.54, 1.807) is 6.20 Å². The highest BCUT2D eigenvalue weighted by molar-refractivity contribution is 5.66. The first-order chi connectivity index (χ1) is 13.4. The number of para-hydroxylation sites is 3. The summed E-state index contributed by atoms with van der Waals surface area (Å²) < 4.78 is 5.86. The van der Waals surface area contributed by atoms with E-state index in [1.165, 1.54) is 5.56 Å². The van der Waals surface area contributed by atoms with Crippen LogP contribution >= 0.6 is 0 Å². The Labute approximate surface area is 166 Å². The van der Waals surface area contributed by atoms with Crippen molar-refractivity contribution in [2.24, 2.45) is 0 Å². The molecule has 0 aliphatic rings. The predicted molar refractivity (Wildman–Crippen MR) is 114 cm³/mol. The quantitative estimate of drug-likeness (QED) is 0.560. The van der Waals surface area contributed by atoms with Crippen molar-refractivity contribution in [3.8, 4) is 5.75 Å². The molecule has 28 heavy (non-hydrogen) atoms. The smallest absolute Gasteiger partial charge is 0.249 e. The Bertz CT molecular complexity index is 940. The van der Waals surface area contributed by atoms with Gasteiger partial charge in [-0.2, -0.15) is 10.1 Å². The zero-order valence-corrected chi connectivity index (χ0v) is 17.0. The van der Waals surface area contributed by atoms with Crippen molar-refractivity contribution in [1.29, 1.82) is 0 Å². The molecule has 2 aromatic carbocycles. The van der Waals surface area contributed by atoms with Crippen molar-refractivity contribution >= 4 is 23.1 Å². The third-order valence-corrected chi connectivity index (χ3v) is 4.24. The van der Waals surface area contributed by atoms with Gasteiger partial charge in [0.05, 0.1) is 18.0 Å². The number of hydrogen-bond acceptors (Lipinski definition) is 6. The molecule has 0 spiro atoms. The van der Waals surface area contributed by atoms with Crippen LogP contribution in [0.2, 0.25) is 0 Å². The molecule has 0 bridgehead atoms. The molecule has 0 saturated carbocycles. The van der Waals surface area contributed by atoms with Crippen molar-refractivity contribution in [3.63, 3.8) is 0 Å². The minimum absolute atomic E-state index is 0.0826. The first kappa shape index (κ1) is 19.6. The Morgan fingerprint density at radius 1 is 0.929 bits per heavy atom. The van der Waals surface area contributed by atoms with Crippen molar-refractivity contribution in [3.05, 3.63) is 59.8 Å². The van der Waals surface area contributed by atoms with Gasteiger partial charge in [-0.1, -0.05) is 44.2 Å². The molecule has 6 heteroatoms. The van der Waals surface area contributed by atoms with Crippen LogP contribution in [0.15, 0.2) is 48.7 Å². The molecule has 146 valence electrons. The minimum Gasteiger partial charge on any atom is -0.489 e. The van der Waals surface area contributed by atoms with Crippen molar-refractivity contribution < 1.29 is 4.74 Å². The van der Waals surface area contributed by atoms with Gasteiger partial charge >= 0.3 is 0 Å². The van der Waals surface area contributed by atoms with Gasteiger partial charge in [-0.05, 0) is 49.9 Å². The van der Waals surface area contributed by atoms with Crippen LogP contribution in [0.3, 0.4) is 0 Å². The first-order valence-corrected chi connectivity index (χ1v) is 9.53. The number of benzene rings is 2. The highest BCUT2D eigenvalue weighted by Crippen LogP contribution is 2.30. The van der Waals surface area contributed by atoms with Crippen molar-refractivity contribution in [2.75, 3.05) is 10.6 Å². The number of aryl methyl sites for hydroxylation is 1. The summed E-state index contributed by atoms with van der Waals surface area (Å²) in [6.45, 7) is 10.4. The molecule has 0 aliphatic carbocycles. The molecule has 0 aliphatic heterocycles. The van der Waals surface area contributed by atoms with E-state index in [9.17, 15) is 0 Å². The van der Waals surface area contributed by atoms with Gasteiger partial charge in [0.15, 0.2) is 5.82 Å². The van der Waals surface area contributed by atoms with Gasteiger partial charge in [-0.25, -0.2) is 0 Å². The maximum absolute atomic E-state index is 5.86. The molecule has 3 aromatic rings. The van der Waals surface area contributed by atoms with Gasteiger partial charge in [0.1, 0.15) is 5.75 Å². The van der Waals surface area contributed by atoms with E-state index in [2.05, 4.69) is 64.8 Å². The van der Waals surface area contributed by atoms with E-state index in [0.29, 0.717) is 17.7 Å². The molecule has 1 heterocycles. The summed E-state index contributed by atoms with van der Waals surface area (Å²) >= 11 is 0. The lowest BCUT2D eigenvalue weighted by Crippen LogP contribution is -2.08. The molecule has 6 nitrogen and oxygen atoms in total. The average molecular weight is 377 g/mol. The molecule has 1 aromatic heterocycles. The SMILES string of the molecule is Cc1cccc(C(C)C)c1Nc1nncc(Nc2ccccc2OC(C)C)n1. The standard InChI is InChI=1S/C22H27N5O/c1-14(2)17-10-8-9-16(5)21(17)26-22-25-20(13-23-27-22)24-18-11-6-7-12-19(18)28-15(3)4/h6-15H,1-5H3,(H2,24,25,26,27). The topological polar surface area (TPSA) is 72.0 Å². The molecule has 0 fully saturated rings. The number of aromatic nitrogens is 3. The highest BCUT2D eigenvalue weighted by atomic mass is 16.5. The molecule has 0 amide bonds. The number of nitrogens with one attached hydrogen (secondary N) is 2. The molecule has 0 unspecified atom stereocenters. The van der Waals surface area contributed by atoms with E-state index in [0.717, 1.165) is 22.7 Å². The Hall–Kier alpha value is -3.15. The van der Waals surface area contributed by atoms with E-state index in [1.807, 2.05) is 38.1 Å². The van der Waals surface area contributed by atoms with Gasteiger partial charge in [-0.15, -0.1) is 5.10 Å². The summed E-state index contributed by atoms with van der Waals surface area (Å²) in [5.41, 5.74) is 4.22. The lowest BCUT2D eigenvalue weighted by Gasteiger charge is -2.17. The third kappa shape index (κ3) is 4.76. The van der Waals surface area contributed by atoms with Gasteiger partial charge in [0.2, 0.25) is 5.95 Å². The summed E-state index contributed by atoms with van der Waals surface area (Å²) in [6, 6.07) is 14.0. The normalized spacial score (nSPS) is 11.0. The Balaban J connectivity index is 1.85. The number of anilines is 4. The second-order valence-corrected chi connectivity index (χ2v) is 7.27. The van der Waals surface area contributed by atoms with E-state index in [4.69, 9.17) is 4.74 Å². The minimum atomic E-state index is 0.0826. The van der Waals surface area contributed by atoms with Crippen LogP contribution in [-0.2, 0) is 0 Å². The molecule has 0 atom stereocenters. The van der Waals surface area contributed by atoms with Crippen LogP contribution in [0.4, 0.5) is 23.1 Å². The average Bonchev–Trinajstić information content (AvgIpc) is 2.65. The Kier molecular flexibility index (Phi) is 6.09.